The Kier molecular flexibility index (Phi) is 5.99. The summed E-state index contributed by atoms with van der Waals surface area (Å²) in [5.41, 5.74) is -0.283. The van der Waals surface area contributed by atoms with Crippen molar-refractivity contribution in [2.24, 2.45) is 0 Å². The van der Waals surface area contributed by atoms with E-state index in [0.29, 0.717) is 13.1 Å². The van der Waals surface area contributed by atoms with E-state index < -0.39 is 14.9 Å². The average molecular weight is 447 g/mol. The molecule has 0 unspecified atom stereocenters. The van der Waals surface area contributed by atoms with Crippen LogP contribution in [0.4, 0.5) is 5.69 Å². The predicted octanol–water partition coefficient (Wildman–Crippen LogP) is 4.49. The van der Waals surface area contributed by atoms with Gasteiger partial charge in [-0.1, -0.05) is 23.2 Å². The van der Waals surface area contributed by atoms with Crippen molar-refractivity contribution in [2.45, 2.75) is 17.7 Å². The van der Waals surface area contributed by atoms with E-state index in [4.69, 9.17) is 32.7 Å². The maximum Gasteiger partial charge on any atom is 0.272 e. The molecule has 2 aromatic rings. The summed E-state index contributed by atoms with van der Waals surface area (Å²) in [6, 6.07) is 6.49. The minimum atomic E-state index is -3.76. The van der Waals surface area contributed by atoms with Crippen LogP contribution in [-0.4, -0.2) is 37.8 Å². The van der Waals surface area contributed by atoms with Crippen LogP contribution >= 0.6 is 23.2 Å². The molecule has 150 valence electrons. The third-order valence-electron chi connectivity index (χ3n) is 4.23. The number of methoxy groups -OCH3 is 1. The van der Waals surface area contributed by atoms with Crippen molar-refractivity contribution in [2.75, 3.05) is 20.2 Å². The van der Waals surface area contributed by atoms with Crippen LogP contribution in [0.3, 0.4) is 0 Å². The van der Waals surface area contributed by atoms with Crippen LogP contribution < -0.4 is 9.47 Å². The molecule has 0 bridgehead atoms. The van der Waals surface area contributed by atoms with Crippen LogP contribution in [0.25, 0.3) is 0 Å². The quantitative estimate of drug-likeness (QED) is 0.478. The van der Waals surface area contributed by atoms with E-state index in [1.807, 2.05) is 0 Å². The number of hydrogen-bond donors (Lipinski definition) is 0. The SMILES string of the molecule is COc1ccc(Oc2c(Cl)cc([N+](=O)[O-])cc2Cl)cc1S(=O)(=O)N1CCCC1. The molecule has 8 nitrogen and oxygen atoms in total. The molecular formula is C17H16Cl2N2O6S. The fourth-order valence-electron chi connectivity index (χ4n) is 2.86. The molecule has 28 heavy (non-hydrogen) atoms. The predicted molar refractivity (Wildman–Crippen MR) is 104 cm³/mol. The second-order valence-electron chi connectivity index (χ2n) is 6.02. The van der Waals surface area contributed by atoms with Gasteiger partial charge in [-0.05, 0) is 25.0 Å². The van der Waals surface area contributed by atoms with Crippen LogP contribution in [-0.2, 0) is 10.0 Å². The summed E-state index contributed by atoms with van der Waals surface area (Å²) < 4.78 is 38.1. The normalized spacial score (nSPS) is 14.8. The highest BCUT2D eigenvalue weighted by Crippen LogP contribution is 2.41. The van der Waals surface area contributed by atoms with Crippen molar-refractivity contribution >= 4 is 38.9 Å². The fraction of sp³-hybridized carbons (Fsp3) is 0.294. The molecule has 1 fully saturated rings. The van der Waals surface area contributed by atoms with Crippen molar-refractivity contribution in [3.8, 4) is 17.2 Å². The van der Waals surface area contributed by atoms with Crippen molar-refractivity contribution in [3.05, 3.63) is 50.5 Å². The first-order chi connectivity index (χ1) is 13.2. The molecule has 0 N–H and O–H groups in total. The Balaban J connectivity index is 2.00. The summed E-state index contributed by atoms with van der Waals surface area (Å²) in [5.74, 6) is 0.319. The zero-order valence-electron chi connectivity index (χ0n) is 14.7. The Bertz CT molecular complexity index is 999. The zero-order valence-corrected chi connectivity index (χ0v) is 17.1. The highest BCUT2D eigenvalue weighted by Gasteiger charge is 2.30. The number of ether oxygens (including phenoxy) is 2. The smallest absolute Gasteiger partial charge is 0.272 e. The first kappa shape index (κ1) is 20.7. The second kappa shape index (κ2) is 8.12. The maximum absolute atomic E-state index is 12.9. The van der Waals surface area contributed by atoms with Gasteiger partial charge in [-0.25, -0.2) is 8.42 Å². The van der Waals surface area contributed by atoms with Crippen molar-refractivity contribution in [1.82, 2.24) is 4.31 Å². The van der Waals surface area contributed by atoms with Gasteiger partial charge in [-0.15, -0.1) is 0 Å². The number of benzene rings is 2. The third kappa shape index (κ3) is 4.02. The molecule has 0 aliphatic carbocycles. The summed E-state index contributed by atoms with van der Waals surface area (Å²) in [6.07, 6.45) is 1.59. The van der Waals surface area contributed by atoms with Crippen LogP contribution in [0.5, 0.6) is 17.2 Å². The average Bonchev–Trinajstić information content (AvgIpc) is 3.20. The van der Waals surface area contributed by atoms with Crippen LogP contribution in [0.2, 0.25) is 10.0 Å². The van der Waals surface area contributed by atoms with Gasteiger partial charge in [0.2, 0.25) is 10.0 Å². The van der Waals surface area contributed by atoms with Gasteiger partial charge in [-0.2, -0.15) is 4.31 Å². The largest absolute Gasteiger partial charge is 0.495 e. The molecule has 0 saturated carbocycles. The highest BCUT2D eigenvalue weighted by molar-refractivity contribution is 7.89. The highest BCUT2D eigenvalue weighted by atomic mass is 35.5. The van der Waals surface area contributed by atoms with Gasteiger partial charge in [0.05, 0.1) is 22.1 Å². The number of non-ortho nitro benzene ring substituents is 1. The molecule has 2 aromatic carbocycles. The Morgan fingerprint density at radius 1 is 1.11 bits per heavy atom. The molecule has 0 atom stereocenters. The van der Waals surface area contributed by atoms with Gasteiger partial charge >= 0.3 is 0 Å². The summed E-state index contributed by atoms with van der Waals surface area (Å²) in [6.45, 7) is 0.882. The lowest BCUT2D eigenvalue weighted by molar-refractivity contribution is -0.384. The number of halogens is 2. The third-order valence-corrected chi connectivity index (χ3v) is 6.71. The Morgan fingerprint density at radius 2 is 1.71 bits per heavy atom. The number of sulfonamides is 1. The van der Waals surface area contributed by atoms with Gasteiger partial charge in [0.25, 0.3) is 5.69 Å². The lowest BCUT2D eigenvalue weighted by atomic mass is 10.3. The number of hydrogen-bond acceptors (Lipinski definition) is 6. The van der Waals surface area contributed by atoms with Crippen LogP contribution in [0.15, 0.2) is 35.2 Å². The van der Waals surface area contributed by atoms with Gasteiger partial charge in [0.15, 0.2) is 5.75 Å². The van der Waals surface area contributed by atoms with Crippen molar-refractivity contribution < 1.29 is 22.8 Å². The second-order valence-corrected chi connectivity index (χ2v) is 8.74. The number of nitro benzene ring substituents is 1. The van der Waals surface area contributed by atoms with E-state index in [0.717, 1.165) is 25.0 Å². The van der Waals surface area contributed by atoms with E-state index >= 15 is 0 Å². The first-order valence-corrected chi connectivity index (χ1v) is 10.4. The molecule has 1 aliphatic heterocycles. The fourth-order valence-corrected chi connectivity index (χ4v) is 5.10. The van der Waals surface area contributed by atoms with Gasteiger partial charge in [-0.3, -0.25) is 10.1 Å². The Labute approximate surface area is 171 Å². The molecule has 3 rings (SSSR count). The summed E-state index contributed by atoms with van der Waals surface area (Å²) in [7, 11) is -2.38. The van der Waals surface area contributed by atoms with Gasteiger partial charge in [0, 0.05) is 31.3 Å². The molecule has 1 saturated heterocycles. The van der Waals surface area contributed by atoms with Crippen LogP contribution in [0.1, 0.15) is 12.8 Å². The summed E-state index contributed by atoms with van der Waals surface area (Å²) >= 11 is 12.1. The van der Waals surface area contributed by atoms with E-state index in [-0.39, 0.29) is 37.9 Å². The Hall–Kier alpha value is -2.07. The van der Waals surface area contributed by atoms with Crippen molar-refractivity contribution in [1.29, 1.82) is 0 Å². The molecule has 1 aliphatic rings. The zero-order chi connectivity index (χ0) is 20.5. The lowest BCUT2D eigenvalue weighted by Crippen LogP contribution is -2.28. The standard InChI is InChI=1S/C17H16Cl2N2O6S/c1-26-15-5-4-12(10-16(15)28(24,25)20-6-2-3-7-20)27-17-13(18)8-11(21(22)23)9-14(17)19/h4-5,8-10H,2-3,6-7H2,1H3. The lowest BCUT2D eigenvalue weighted by Gasteiger charge is -2.18. The molecule has 0 amide bonds. The number of nitrogens with zero attached hydrogens (tertiary/aromatic N) is 2. The molecule has 11 heteroatoms. The number of nitro groups is 1. The summed E-state index contributed by atoms with van der Waals surface area (Å²) in [4.78, 5) is 10.2. The summed E-state index contributed by atoms with van der Waals surface area (Å²) in [5, 5.41) is 10.7. The van der Waals surface area contributed by atoms with E-state index in [9.17, 15) is 18.5 Å². The number of rotatable bonds is 6. The Morgan fingerprint density at radius 3 is 2.25 bits per heavy atom. The van der Waals surface area contributed by atoms with E-state index in [1.165, 1.54) is 29.6 Å². The molecular weight excluding hydrogens is 431 g/mol. The topological polar surface area (TPSA) is 99.0 Å². The van der Waals surface area contributed by atoms with E-state index in [1.54, 1.807) is 0 Å². The molecule has 1 heterocycles. The minimum Gasteiger partial charge on any atom is -0.495 e. The first-order valence-electron chi connectivity index (χ1n) is 8.23. The van der Waals surface area contributed by atoms with Crippen molar-refractivity contribution in [3.63, 3.8) is 0 Å². The van der Waals surface area contributed by atoms with Gasteiger partial charge < -0.3 is 9.47 Å². The minimum absolute atomic E-state index is 0.0105. The maximum atomic E-state index is 12.9. The monoisotopic (exact) mass is 446 g/mol. The van der Waals surface area contributed by atoms with Crippen LogP contribution in [0, 0.1) is 10.1 Å². The molecule has 0 radical (unpaired) electrons. The van der Waals surface area contributed by atoms with E-state index in [2.05, 4.69) is 0 Å². The molecule has 0 spiro atoms. The van der Waals surface area contributed by atoms with Gasteiger partial charge in [0.1, 0.15) is 16.4 Å². The molecule has 0 aromatic heterocycles.